The van der Waals surface area contributed by atoms with Gasteiger partial charge in [0.05, 0.1) is 5.54 Å². The first kappa shape index (κ1) is 14.3. The minimum atomic E-state index is -0.494. The zero-order valence-corrected chi connectivity index (χ0v) is 12.3. The van der Waals surface area contributed by atoms with Crippen LogP contribution in [0, 0.1) is 0 Å². The van der Waals surface area contributed by atoms with Crippen LogP contribution in [0.25, 0.3) is 0 Å². The van der Waals surface area contributed by atoms with Crippen molar-refractivity contribution < 1.29 is 4.79 Å². The molecule has 1 saturated carbocycles. The minimum Gasteiger partial charge on any atom is -0.308 e. The fourth-order valence-electron chi connectivity index (χ4n) is 2.82. The van der Waals surface area contributed by atoms with Crippen molar-refractivity contribution in [1.82, 2.24) is 5.32 Å². The summed E-state index contributed by atoms with van der Waals surface area (Å²) in [6, 6.07) is 8.28. The topological polar surface area (TPSA) is 29.1 Å². The van der Waals surface area contributed by atoms with Gasteiger partial charge in [0.25, 0.3) is 0 Å². The van der Waals surface area contributed by atoms with E-state index >= 15 is 0 Å². The number of benzene rings is 1. The second kappa shape index (κ2) is 5.87. The molecular formula is C17H25NO. The molecule has 0 heterocycles. The molecule has 2 heteroatoms. The van der Waals surface area contributed by atoms with Gasteiger partial charge in [-0.2, -0.15) is 0 Å². The number of likely N-dealkylation sites (N-methyl/N-ethyl adjacent to an activating group) is 1. The Kier molecular flexibility index (Phi) is 4.41. The summed E-state index contributed by atoms with van der Waals surface area (Å²) in [6.45, 7) is 3.84. The van der Waals surface area contributed by atoms with Gasteiger partial charge in [0.1, 0.15) is 0 Å². The molecule has 1 fully saturated rings. The first-order chi connectivity index (χ1) is 9.04. The third-order valence-corrected chi connectivity index (χ3v) is 4.44. The maximum Gasteiger partial charge on any atom is 0.182 e. The number of rotatable bonds is 4. The molecule has 0 aromatic heterocycles. The molecule has 0 unspecified atom stereocenters. The Labute approximate surface area is 116 Å². The molecule has 19 heavy (non-hydrogen) atoms. The largest absolute Gasteiger partial charge is 0.308 e. The van der Waals surface area contributed by atoms with E-state index in [1.165, 1.54) is 37.7 Å². The quantitative estimate of drug-likeness (QED) is 0.830. The molecule has 0 saturated heterocycles. The fraction of sp³-hybridized carbons (Fsp3) is 0.588. The average molecular weight is 259 g/mol. The number of ketones is 1. The summed E-state index contributed by atoms with van der Waals surface area (Å²) in [6.07, 6.45) is 6.67. The van der Waals surface area contributed by atoms with Crippen molar-refractivity contribution >= 4 is 5.78 Å². The Morgan fingerprint density at radius 2 is 1.68 bits per heavy atom. The summed E-state index contributed by atoms with van der Waals surface area (Å²) in [5, 5.41) is 3.07. The zero-order valence-electron chi connectivity index (χ0n) is 12.3. The summed E-state index contributed by atoms with van der Waals surface area (Å²) < 4.78 is 0. The van der Waals surface area contributed by atoms with Crippen LogP contribution in [0.15, 0.2) is 24.3 Å². The van der Waals surface area contributed by atoms with E-state index in [2.05, 4.69) is 17.4 Å². The van der Waals surface area contributed by atoms with Gasteiger partial charge in [0.15, 0.2) is 5.78 Å². The molecule has 2 nitrogen and oxygen atoms in total. The van der Waals surface area contributed by atoms with Crippen LogP contribution in [0.2, 0.25) is 0 Å². The number of hydrogen-bond donors (Lipinski definition) is 1. The molecule has 0 radical (unpaired) electrons. The number of carbonyl (C=O) groups is 1. The molecule has 0 bridgehead atoms. The molecule has 1 N–H and O–H groups in total. The van der Waals surface area contributed by atoms with Gasteiger partial charge >= 0.3 is 0 Å². The Bertz CT molecular complexity index is 427. The maximum absolute atomic E-state index is 12.3. The van der Waals surface area contributed by atoms with E-state index in [0.717, 1.165) is 5.56 Å². The average Bonchev–Trinajstić information content (AvgIpc) is 2.47. The van der Waals surface area contributed by atoms with E-state index in [0.29, 0.717) is 5.92 Å². The van der Waals surface area contributed by atoms with Crippen LogP contribution in [-0.2, 0) is 0 Å². The normalized spacial score (nSPS) is 17.4. The van der Waals surface area contributed by atoms with Crippen molar-refractivity contribution in [3.8, 4) is 0 Å². The first-order valence-corrected chi connectivity index (χ1v) is 7.38. The Hall–Kier alpha value is -1.15. The highest BCUT2D eigenvalue weighted by atomic mass is 16.1. The van der Waals surface area contributed by atoms with Crippen LogP contribution < -0.4 is 5.32 Å². The predicted octanol–water partition coefficient (Wildman–Crippen LogP) is 3.92. The standard InChI is InChI=1S/C17H25NO/c1-17(2,18-3)16(19)15-11-9-14(10-12-15)13-7-5-4-6-8-13/h9-13,18H,4-8H2,1-3H3. The Balaban J connectivity index is 2.12. The van der Waals surface area contributed by atoms with Crippen LogP contribution in [0.5, 0.6) is 0 Å². The molecule has 0 aliphatic heterocycles. The summed E-state index contributed by atoms with van der Waals surface area (Å²) in [7, 11) is 1.83. The zero-order chi connectivity index (χ0) is 13.9. The lowest BCUT2D eigenvalue weighted by Gasteiger charge is -2.24. The van der Waals surface area contributed by atoms with Crippen LogP contribution >= 0.6 is 0 Å². The first-order valence-electron chi connectivity index (χ1n) is 7.38. The second-order valence-corrected chi connectivity index (χ2v) is 6.16. The molecular weight excluding hydrogens is 234 g/mol. The van der Waals surface area contributed by atoms with E-state index in [-0.39, 0.29) is 5.78 Å². The molecule has 1 aliphatic carbocycles. The monoisotopic (exact) mass is 259 g/mol. The van der Waals surface area contributed by atoms with Gasteiger partial charge in [-0.05, 0) is 45.2 Å². The maximum atomic E-state index is 12.3. The number of Topliss-reactive ketones (excluding diaryl/α,β-unsaturated/α-hetero) is 1. The van der Waals surface area contributed by atoms with Crippen LogP contribution in [-0.4, -0.2) is 18.4 Å². The molecule has 1 aromatic rings. The molecule has 1 aliphatic rings. The van der Waals surface area contributed by atoms with E-state index in [9.17, 15) is 4.79 Å². The predicted molar refractivity (Wildman–Crippen MR) is 79.7 cm³/mol. The van der Waals surface area contributed by atoms with Gasteiger partial charge < -0.3 is 5.32 Å². The van der Waals surface area contributed by atoms with Crippen LogP contribution in [0.4, 0.5) is 0 Å². The van der Waals surface area contributed by atoms with Gasteiger partial charge in [-0.1, -0.05) is 43.5 Å². The van der Waals surface area contributed by atoms with Crippen LogP contribution in [0.1, 0.15) is 67.8 Å². The molecule has 104 valence electrons. The third-order valence-electron chi connectivity index (χ3n) is 4.44. The van der Waals surface area contributed by atoms with Gasteiger partial charge in [-0.3, -0.25) is 4.79 Å². The lowest BCUT2D eigenvalue weighted by molar-refractivity contribution is 0.0889. The van der Waals surface area contributed by atoms with Gasteiger partial charge in [-0.25, -0.2) is 0 Å². The summed E-state index contributed by atoms with van der Waals surface area (Å²) in [5.74, 6) is 0.861. The van der Waals surface area contributed by atoms with Gasteiger partial charge in [-0.15, -0.1) is 0 Å². The van der Waals surface area contributed by atoms with E-state index in [4.69, 9.17) is 0 Å². The van der Waals surface area contributed by atoms with Crippen molar-refractivity contribution in [2.75, 3.05) is 7.05 Å². The number of nitrogens with one attached hydrogen (secondary N) is 1. The molecule has 0 atom stereocenters. The van der Waals surface area contributed by atoms with E-state index < -0.39 is 5.54 Å². The third kappa shape index (κ3) is 3.24. The SMILES string of the molecule is CNC(C)(C)C(=O)c1ccc(C2CCCCC2)cc1. The number of hydrogen-bond acceptors (Lipinski definition) is 2. The van der Waals surface area contributed by atoms with E-state index in [1.54, 1.807) is 0 Å². The smallest absolute Gasteiger partial charge is 0.182 e. The van der Waals surface area contributed by atoms with Crippen molar-refractivity contribution in [2.24, 2.45) is 0 Å². The van der Waals surface area contributed by atoms with Crippen LogP contribution in [0.3, 0.4) is 0 Å². The number of carbonyl (C=O) groups excluding carboxylic acids is 1. The lowest BCUT2D eigenvalue weighted by atomic mass is 9.83. The van der Waals surface area contributed by atoms with Crippen molar-refractivity contribution in [1.29, 1.82) is 0 Å². The summed E-state index contributed by atoms with van der Waals surface area (Å²) in [5.41, 5.74) is 1.71. The van der Waals surface area contributed by atoms with Crippen molar-refractivity contribution in [3.05, 3.63) is 35.4 Å². The Morgan fingerprint density at radius 1 is 1.11 bits per heavy atom. The van der Waals surface area contributed by atoms with E-state index in [1.807, 2.05) is 33.0 Å². The van der Waals surface area contributed by atoms with Gasteiger partial charge in [0.2, 0.25) is 0 Å². The highest BCUT2D eigenvalue weighted by Gasteiger charge is 2.26. The molecule has 0 spiro atoms. The second-order valence-electron chi connectivity index (χ2n) is 6.16. The fourth-order valence-corrected chi connectivity index (χ4v) is 2.82. The highest BCUT2D eigenvalue weighted by Crippen LogP contribution is 2.32. The van der Waals surface area contributed by atoms with Gasteiger partial charge in [0, 0.05) is 5.56 Å². The van der Waals surface area contributed by atoms with Crippen molar-refractivity contribution in [2.45, 2.75) is 57.4 Å². The summed E-state index contributed by atoms with van der Waals surface area (Å²) >= 11 is 0. The molecule has 2 rings (SSSR count). The van der Waals surface area contributed by atoms with Crippen molar-refractivity contribution in [3.63, 3.8) is 0 Å². The summed E-state index contributed by atoms with van der Waals surface area (Å²) in [4.78, 5) is 12.3. The molecule has 1 aromatic carbocycles. The molecule has 0 amide bonds. The minimum absolute atomic E-state index is 0.158. The highest BCUT2D eigenvalue weighted by molar-refractivity contribution is 6.02. The Morgan fingerprint density at radius 3 is 2.21 bits per heavy atom. The lowest BCUT2D eigenvalue weighted by Crippen LogP contribution is -2.44.